The lowest BCUT2D eigenvalue weighted by molar-refractivity contribution is -0.278. The molecule has 0 bridgehead atoms. The fourth-order valence-corrected chi connectivity index (χ4v) is 7.92. The van der Waals surface area contributed by atoms with E-state index in [9.17, 15) is 27.9 Å². The molecule has 0 saturated carbocycles. The van der Waals surface area contributed by atoms with E-state index in [2.05, 4.69) is 17.1 Å². The standard InChI is InChI=1S/C40H46F3N3O7/c1-26-34(24-45-17-14-39(15-18-45)50-19-20-51-39)52-37(53-35(26)29-12-10-27(25-47)11-13-29)32-8-3-7-31(22-32)30-6-2-5-28(21-30)23-44-36(48)33-9-4-16-46(33)38(49)40(41,42)43/h2-3,5-8,10-13,21-22,26,33-35,37,47H,4,9,14-20,23-25H2,1H3,(H,44,48)/t26-,33-,34+,35+,37+/m0/s1. The van der Waals surface area contributed by atoms with Gasteiger partial charge in [-0.25, -0.2) is 0 Å². The quantitative estimate of drug-likeness (QED) is 0.291. The Morgan fingerprint density at radius 1 is 0.887 bits per heavy atom. The van der Waals surface area contributed by atoms with Gasteiger partial charge in [-0.3, -0.25) is 9.59 Å². The number of nitrogens with zero attached hydrogens (tertiary/aromatic N) is 2. The largest absolute Gasteiger partial charge is 0.471 e. The lowest BCUT2D eigenvalue weighted by Gasteiger charge is -2.44. The number of halogens is 3. The first kappa shape index (κ1) is 37.5. The molecule has 4 heterocycles. The first-order valence-corrected chi connectivity index (χ1v) is 18.4. The van der Waals surface area contributed by atoms with Crippen LogP contribution in [-0.4, -0.2) is 90.2 Å². The minimum Gasteiger partial charge on any atom is -0.392 e. The van der Waals surface area contributed by atoms with Crippen LogP contribution >= 0.6 is 0 Å². The Kier molecular flexibility index (Phi) is 11.2. The van der Waals surface area contributed by atoms with E-state index in [1.807, 2.05) is 72.8 Å². The van der Waals surface area contributed by atoms with Gasteiger partial charge in [0.2, 0.25) is 5.91 Å². The molecule has 0 aliphatic carbocycles. The zero-order valence-corrected chi connectivity index (χ0v) is 29.7. The van der Waals surface area contributed by atoms with Crippen LogP contribution in [0.25, 0.3) is 11.1 Å². The zero-order valence-electron chi connectivity index (χ0n) is 29.7. The van der Waals surface area contributed by atoms with Crippen LogP contribution < -0.4 is 5.32 Å². The Hall–Kier alpha value is -3.85. The van der Waals surface area contributed by atoms with Gasteiger partial charge in [0.15, 0.2) is 12.1 Å². The van der Waals surface area contributed by atoms with Gasteiger partial charge in [-0.2, -0.15) is 13.2 Å². The number of aliphatic hydroxyl groups is 1. The van der Waals surface area contributed by atoms with Crippen LogP contribution in [0.4, 0.5) is 13.2 Å². The van der Waals surface area contributed by atoms with Gasteiger partial charge < -0.3 is 39.2 Å². The van der Waals surface area contributed by atoms with Crippen molar-refractivity contribution in [3.05, 3.63) is 95.1 Å². The van der Waals surface area contributed by atoms with Crippen molar-refractivity contribution in [2.45, 2.75) is 82.3 Å². The summed E-state index contributed by atoms with van der Waals surface area (Å²) in [5, 5.41) is 12.4. The van der Waals surface area contributed by atoms with E-state index >= 15 is 0 Å². The Labute approximate surface area is 307 Å². The van der Waals surface area contributed by atoms with Crippen molar-refractivity contribution in [1.29, 1.82) is 0 Å². The highest BCUT2D eigenvalue weighted by Gasteiger charge is 2.48. The summed E-state index contributed by atoms with van der Waals surface area (Å²) in [5.41, 5.74) is 5.21. The number of hydrogen-bond acceptors (Lipinski definition) is 8. The number of carbonyl (C=O) groups excluding carboxylic acids is 2. The van der Waals surface area contributed by atoms with E-state index in [1.54, 1.807) is 0 Å². The third-order valence-electron chi connectivity index (χ3n) is 10.9. The molecule has 53 heavy (non-hydrogen) atoms. The average molecular weight is 738 g/mol. The highest BCUT2D eigenvalue weighted by Crippen LogP contribution is 2.43. The lowest BCUT2D eigenvalue weighted by atomic mass is 9.89. The van der Waals surface area contributed by atoms with Gasteiger partial charge in [0.1, 0.15) is 6.04 Å². The van der Waals surface area contributed by atoms with E-state index in [1.165, 1.54) is 0 Å². The molecule has 4 saturated heterocycles. The molecule has 10 nitrogen and oxygen atoms in total. The van der Waals surface area contributed by atoms with E-state index in [0.29, 0.717) is 24.5 Å². The molecule has 3 aromatic rings. The molecule has 4 aliphatic rings. The fraction of sp³-hybridized carbons (Fsp3) is 0.500. The molecule has 0 aromatic heterocycles. The first-order chi connectivity index (χ1) is 25.5. The van der Waals surface area contributed by atoms with Crippen LogP contribution in [0.1, 0.15) is 67.3 Å². The number of carbonyl (C=O) groups is 2. The highest BCUT2D eigenvalue weighted by atomic mass is 19.4. The summed E-state index contributed by atoms with van der Waals surface area (Å²) in [5.74, 6) is -3.02. The van der Waals surface area contributed by atoms with Crippen LogP contribution in [0, 0.1) is 5.92 Å². The summed E-state index contributed by atoms with van der Waals surface area (Å²) in [6.45, 7) is 5.77. The maximum atomic E-state index is 13.1. The molecule has 7 rings (SSSR count). The second kappa shape index (κ2) is 15.9. The van der Waals surface area contributed by atoms with Gasteiger partial charge in [-0.05, 0) is 52.8 Å². The van der Waals surface area contributed by atoms with Gasteiger partial charge in [0.25, 0.3) is 0 Å². The molecule has 0 radical (unpaired) electrons. The summed E-state index contributed by atoms with van der Waals surface area (Å²) in [6.07, 6.45) is -3.96. The SMILES string of the molecule is C[C@H]1[C@@H](CN2CCC3(CC2)OCCO3)O[C@@H](c2cccc(-c3cccc(CNC(=O)[C@@H]4CCCN4C(=O)C(F)(F)F)c3)c2)O[C@H]1c1ccc(CO)cc1. The summed E-state index contributed by atoms with van der Waals surface area (Å²) in [7, 11) is 0. The van der Waals surface area contributed by atoms with Gasteiger partial charge >= 0.3 is 12.1 Å². The molecular weight excluding hydrogens is 691 g/mol. The Balaban J connectivity index is 1.06. The molecule has 1 spiro atoms. The van der Waals surface area contributed by atoms with Crippen LogP contribution in [0.15, 0.2) is 72.8 Å². The van der Waals surface area contributed by atoms with Crippen molar-refractivity contribution in [3.8, 4) is 11.1 Å². The average Bonchev–Trinajstić information content (AvgIpc) is 3.86. The van der Waals surface area contributed by atoms with Crippen molar-refractivity contribution in [2.24, 2.45) is 5.92 Å². The Morgan fingerprint density at radius 2 is 1.58 bits per heavy atom. The van der Waals surface area contributed by atoms with E-state index < -0.39 is 36.1 Å². The summed E-state index contributed by atoms with van der Waals surface area (Å²) >= 11 is 0. The number of piperidine rings is 1. The predicted octanol–water partition coefficient (Wildman–Crippen LogP) is 5.65. The minimum absolute atomic E-state index is 0.0269. The zero-order chi connectivity index (χ0) is 37.2. The van der Waals surface area contributed by atoms with Gasteiger partial charge in [0.05, 0.1) is 32.0 Å². The summed E-state index contributed by atoms with van der Waals surface area (Å²) < 4.78 is 64.6. The van der Waals surface area contributed by atoms with Gasteiger partial charge in [0, 0.05) is 57.0 Å². The van der Waals surface area contributed by atoms with Crippen LogP contribution in [-0.2, 0) is 41.7 Å². The summed E-state index contributed by atoms with van der Waals surface area (Å²) in [6, 6.07) is 22.2. The minimum atomic E-state index is -5.02. The maximum absolute atomic E-state index is 13.1. The monoisotopic (exact) mass is 737 g/mol. The third-order valence-corrected chi connectivity index (χ3v) is 10.9. The van der Waals surface area contributed by atoms with E-state index in [0.717, 1.165) is 65.9 Å². The normalized spacial score (nSPS) is 26.2. The fourth-order valence-electron chi connectivity index (χ4n) is 7.92. The number of likely N-dealkylation sites (tertiary alicyclic amines) is 2. The molecule has 2 amide bonds. The number of benzene rings is 3. The van der Waals surface area contributed by atoms with Crippen molar-refractivity contribution in [1.82, 2.24) is 15.1 Å². The number of ether oxygens (including phenoxy) is 4. The number of amides is 2. The molecule has 5 atom stereocenters. The van der Waals surface area contributed by atoms with E-state index in [-0.39, 0.29) is 44.2 Å². The number of nitrogens with one attached hydrogen (secondary N) is 1. The van der Waals surface area contributed by atoms with Crippen molar-refractivity contribution in [2.75, 3.05) is 39.4 Å². The number of aliphatic hydroxyl groups excluding tert-OH is 1. The van der Waals surface area contributed by atoms with Gasteiger partial charge in [-0.15, -0.1) is 0 Å². The second-order valence-electron chi connectivity index (χ2n) is 14.4. The molecule has 4 fully saturated rings. The molecule has 2 N–H and O–H groups in total. The molecule has 3 aromatic carbocycles. The number of alkyl halides is 3. The number of hydrogen-bond donors (Lipinski definition) is 2. The van der Waals surface area contributed by atoms with Crippen LogP contribution in [0.5, 0.6) is 0 Å². The third kappa shape index (κ3) is 8.45. The van der Waals surface area contributed by atoms with Crippen molar-refractivity contribution < 1.29 is 46.8 Å². The molecular formula is C40H46F3N3O7. The number of rotatable bonds is 9. The van der Waals surface area contributed by atoms with E-state index in [4.69, 9.17) is 18.9 Å². The Bertz CT molecular complexity index is 1740. The maximum Gasteiger partial charge on any atom is 0.471 e. The first-order valence-electron chi connectivity index (χ1n) is 18.4. The predicted molar refractivity (Wildman–Crippen MR) is 188 cm³/mol. The smallest absolute Gasteiger partial charge is 0.392 e. The molecule has 0 unspecified atom stereocenters. The van der Waals surface area contributed by atoms with Crippen LogP contribution in [0.3, 0.4) is 0 Å². The Morgan fingerprint density at radius 3 is 2.28 bits per heavy atom. The van der Waals surface area contributed by atoms with Crippen LogP contribution in [0.2, 0.25) is 0 Å². The van der Waals surface area contributed by atoms with Gasteiger partial charge in [-0.1, -0.05) is 67.6 Å². The van der Waals surface area contributed by atoms with Crippen molar-refractivity contribution in [3.63, 3.8) is 0 Å². The molecule has 4 aliphatic heterocycles. The highest BCUT2D eigenvalue weighted by molar-refractivity contribution is 5.90. The van der Waals surface area contributed by atoms with Crippen molar-refractivity contribution >= 4 is 11.8 Å². The second-order valence-corrected chi connectivity index (χ2v) is 14.4. The molecule has 284 valence electrons. The lowest BCUT2D eigenvalue weighted by Crippen LogP contribution is -2.50. The topological polar surface area (TPSA) is 110 Å². The summed E-state index contributed by atoms with van der Waals surface area (Å²) in [4.78, 5) is 27.8. The molecule has 13 heteroatoms.